The van der Waals surface area contributed by atoms with Gasteiger partial charge in [0.2, 0.25) is 5.75 Å². The van der Waals surface area contributed by atoms with Crippen LogP contribution in [0.1, 0.15) is 29.8 Å². The number of nitrogens with zero attached hydrogens (tertiary/aromatic N) is 1. The van der Waals surface area contributed by atoms with Crippen LogP contribution in [0, 0.1) is 0 Å². The Balaban J connectivity index is 1.66. The second-order valence-corrected chi connectivity index (χ2v) is 6.88. The van der Waals surface area contributed by atoms with Gasteiger partial charge < -0.3 is 23.8 Å². The molecule has 0 saturated carbocycles. The van der Waals surface area contributed by atoms with Gasteiger partial charge in [0.05, 0.1) is 12.7 Å². The zero-order valence-electron chi connectivity index (χ0n) is 16.8. The number of benzene rings is 2. The molecule has 0 fully saturated rings. The molecule has 29 heavy (non-hydrogen) atoms. The van der Waals surface area contributed by atoms with Crippen molar-refractivity contribution in [1.29, 1.82) is 0 Å². The number of amides is 1. The van der Waals surface area contributed by atoms with E-state index in [4.69, 9.17) is 18.9 Å². The molecule has 0 bridgehead atoms. The lowest BCUT2D eigenvalue weighted by Gasteiger charge is -2.26. The number of rotatable bonds is 7. The molecule has 2 aromatic carbocycles. The molecule has 0 spiro atoms. The van der Waals surface area contributed by atoms with E-state index in [9.17, 15) is 9.59 Å². The molecule has 1 amide bonds. The molecule has 0 saturated heterocycles. The average Bonchev–Trinajstić information content (AvgIpc) is 2.75. The smallest absolute Gasteiger partial charge is 0.338 e. The monoisotopic (exact) mass is 399 g/mol. The second kappa shape index (κ2) is 9.32. The lowest BCUT2D eigenvalue weighted by atomic mass is 10.1. The third-order valence-corrected chi connectivity index (χ3v) is 4.53. The van der Waals surface area contributed by atoms with Crippen LogP contribution in [0.5, 0.6) is 17.2 Å². The van der Waals surface area contributed by atoms with Crippen LogP contribution in [0.2, 0.25) is 0 Å². The van der Waals surface area contributed by atoms with Crippen molar-refractivity contribution in [2.45, 2.75) is 26.4 Å². The highest BCUT2D eigenvalue weighted by atomic mass is 16.6. The van der Waals surface area contributed by atoms with E-state index in [0.717, 1.165) is 5.56 Å². The zero-order valence-corrected chi connectivity index (χ0v) is 16.8. The van der Waals surface area contributed by atoms with Gasteiger partial charge >= 0.3 is 5.97 Å². The van der Waals surface area contributed by atoms with Crippen molar-refractivity contribution >= 4 is 11.9 Å². The molecule has 0 N–H and O–H groups in total. The fourth-order valence-corrected chi connectivity index (χ4v) is 3.02. The first kappa shape index (κ1) is 20.5. The van der Waals surface area contributed by atoms with Gasteiger partial charge in [0.15, 0.2) is 18.1 Å². The highest BCUT2D eigenvalue weighted by Crippen LogP contribution is 2.40. The summed E-state index contributed by atoms with van der Waals surface area (Å²) < 4.78 is 21.6. The quantitative estimate of drug-likeness (QED) is 0.666. The van der Waals surface area contributed by atoms with Gasteiger partial charge in [-0.05, 0) is 31.5 Å². The van der Waals surface area contributed by atoms with Crippen LogP contribution in [0.15, 0.2) is 42.5 Å². The number of esters is 1. The van der Waals surface area contributed by atoms with E-state index in [1.165, 1.54) is 19.2 Å². The highest BCUT2D eigenvalue weighted by Gasteiger charge is 2.23. The van der Waals surface area contributed by atoms with Crippen LogP contribution >= 0.6 is 0 Å². The maximum Gasteiger partial charge on any atom is 0.338 e. The molecular formula is C22H25NO6. The highest BCUT2D eigenvalue weighted by molar-refractivity contribution is 5.93. The van der Waals surface area contributed by atoms with E-state index in [0.29, 0.717) is 37.0 Å². The van der Waals surface area contributed by atoms with Crippen LogP contribution < -0.4 is 14.2 Å². The van der Waals surface area contributed by atoms with E-state index < -0.39 is 5.97 Å². The number of hydrogen-bond acceptors (Lipinski definition) is 6. The maximum atomic E-state index is 12.7. The molecule has 2 aromatic rings. The summed E-state index contributed by atoms with van der Waals surface area (Å²) in [5.74, 6) is 0.370. The minimum absolute atomic E-state index is 0.0317. The number of hydrogen-bond donors (Lipinski definition) is 0. The van der Waals surface area contributed by atoms with Crippen LogP contribution in [-0.2, 0) is 16.1 Å². The van der Waals surface area contributed by atoms with Gasteiger partial charge in [-0.15, -0.1) is 0 Å². The van der Waals surface area contributed by atoms with Crippen LogP contribution in [0.4, 0.5) is 0 Å². The molecule has 154 valence electrons. The maximum absolute atomic E-state index is 12.7. The largest absolute Gasteiger partial charge is 0.493 e. The number of carbonyl (C=O) groups excluding carboxylic acids is 2. The third kappa shape index (κ3) is 4.99. The molecule has 0 atom stereocenters. The summed E-state index contributed by atoms with van der Waals surface area (Å²) in [4.78, 5) is 26.8. The molecule has 1 heterocycles. The minimum atomic E-state index is -0.628. The molecule has 0 unspecified atom stereocenters. The fraction of sp³-hybridized carbons (Fsp3) is 0.364. The van der Waals surface area contributed by atoms with E-state index in [-0.39, 0.29) is 24.1 Å². The van der Waals surface area contributed by atoms with Crippen molar-refractivity contribution in [2.75, 3.05) is 26.9 Å². The van der Waals surface area contributed by atoms with Gasteiger partial charge in [-0.25, -0.2) is 4.79 Å². The minimum Gasteiger partial charge on any atom is -0.493 e. The number of carbonyl (C=O) groups is 2. The standard InChI is InChI=1S/C22H25NO6/c1-15(2)23(13-16-7-5-4-6-8-16)20(24)14-29-22(25)17-11-18(26-3)21-19(12-17)27-9-10-28-21/h4-8,11-12,15H,9-10,13-14H2,1-3H3. The third-order valence-electron chi connectivity index (χ3n) is 4.53. The fourth-order valence-electron chi connectivity index (χ4n) is 3.02. The topological polar surface area (TPSA) is 74.3 Å². The first-order valence-corrected chi connectivity index (χ1v) is 9.47. The number of fused-ring (bicyclic) bond motifs is 1. The van der Waals surface area contributed by atoms with Gasteiger partial charge in [0.1, 0.15) is 13.2 Å². The summed E-state index contributed by atoms with van der Waals surface area (Å²) in [6, 6.07) is 12.7. The Labute approximate surface area is 170 Å². The van der Waals surface area contributed by atoms with Gasteiger partial charge in [-0.3, -0.25) is 4.79 Å². The van der Waals surface area contributed by atoms with Crippen molar-refractivity contribution in [3.63, 3.8) is 0 Å². The summed E-state index contributed by atoms with van der Waals surface area (Å²) in [5, 5.41) is 0. The molecular weight excluding hydrogens is 374 g/mol. The lowest BCUT2D eigenvalue weighted by Crippen LogP contribution is -2.39. The predicted molar refractivity (Wildman–Crippen MR) is 106 cm³/mol. The van der Waals surface area contributed by atoms with Crippen LogP contribution in [0.3, 0.4) is 0 Å². The summed E-state index contributed by atoms with van der Waals surface area (Å²) >= 11 is 0. The SMILES string of the molecule is COc1cc(C(=O)OCC(=O)N(Cc2ccccc2)C(C)C)cc2c1OCCO2. The lowest BCUT2D eigenvalue weighted by molar-refractivity contribution is -0.136. The van der Waals surface area contributed by atoms with Gasteiger partial charge in [0, 0.05) is 12.6 Å². The Morgan fingerprint density at radius 2 is 1.83 bits per heavy atom. The Hall–Kier alpha value is -3.22. The molecule has 1 aliphatic rings. The van der Waals surface area contributed by atoms with Crippen molar-refractivity contribution in [2.24, 2.45) is 0 Å². The summed E-state index contributed by atoms with van der Waals surface area (Å²) in [5.41, 5.74) is 1.25. The number of methoxy groups -OCH3 is 1. The molecule has 0 aliphatic carbocycles. The molecule has 3 rings (SSSR count). The molecule has 0 radical (unpaired) electrons. The molecule has 7 nitrogen and oxygen atoms in total. The van der Waals surface area contributed by atoms with Crippen molar-refractivity contribution in [3.05, 3.63) is 53.6 Å². The average molecular weight is 399 g/mol. The van der Waals surface area contributed by atoms with Crippen molar-refractivity contribution < 1.29 is 28.5 Å². The van der Waals surface area contributed by atoms with Gasteiger partial charge in [0.25, 0.3) is 5.91 Å². The Kier molecular flexibility index (Phi) is 6.59. The Bertz CT molecular complexity index is 848. The molecule has 1 aliphatic heterocycles. The summed E-state index contributed by atoms with van der Waals surface area (Å²) in [6.07, 6.45) is 0. The molecule has 0 aromatic heterocycles. The Morgan fingerprint density at radius 3 is 2.52 bits per heavy atom. The normalized spacial score (nSPS) is 12.4. The van der Waals surface area contributed by atoms with E-state index in [2.05, 4.69) is 0 Å². The van der Waals surface area contributed by atoms with E-state index >= 15 is 0 Å². The molecule has 7 heteroatoms. The van der Waals surface area contributed by atoms with Crippen molar-refractivity contribution in [1.82, 2.24) is 4.90 Å². The van der Waals surface area contributed by atoms with Crippen LogP contribution in [-0.4, -0.2) is 49.7 Å². The Morgan fingerprint density at radius 1 is 1.10 bits per heavy atom. The van der Waals surface area contributed by atoms with E-state index in [1.54, 1.807) is 4.90 Å². The number of ether oxygens (including phenoxy) is 4. The first-order chi connectivity index (χ1) is 14.0. The summed E-state index contributed by atoms with van der Waals surface area (Å²) in [6.45, 7) is 4.75. The van der Waals surface area contributed by atoms with E-state index in [1.807, 2.05) is 44.2 Å². The zero-order chi connectivity index (χ0) is 20.8. The van der Waals surface area contributed by atoms with Gasteiger partial charge in [-0.1, -0.05) is 30.3 Å². The summed E-state index contributed by atoms with van der Waals surface area (Å²) in [7, 11) is 1.48. The van der Waals surface area contributed by atoms with Crippen molar-refractivity contribution in [3.8, 4) is 17.2 Å². The predicted octanol–water partition coefficient (Wildman–Crippen LogP) is 3.06. The van der Waals surface area contributed by atoms with Crippen LogP contribution in [0.25, 0.3) is 0 Å². The second-order valence-electron chi connectivity index (χ2n) is 6.88. The van der Waals surface area contributed by atoms with Gasteiger partial charge in [-0.2, -0.15) is 0 Å². The first-order valence-electron chi connectivity index (χ1n) is 9.47.